The minimum atomic E-state index is -0.973. The van der Waals surface area contributed by atoms with Gasteiger partial charge in [0.25, 0.3) is 0 Å². The van der Waals surface area contributed by atoms with Gasteiger partial charge in [-0.3, -0.25) is 0 Å². The van der Waals surface area contributed by atoms with Crippen LogP contribution in [0.15, 0.2) is 52.3 Å². The van der Waals surface area contributed by atoms with Gasteiger partial charge in [0.05, 0.1) is 12.7 Å². The second-order valence-corrected chi connectivity index (χ2v) is 9.89. The topological polar surface area (TPSA) is 59.0 Å². The Morgan fingerprint density at radius 2 is 1.73 bits per heavy atom. The highest BCUT2D eigenvalue weighted by atomic mass is 32.2. The predicted molar refractivity (Wildman–Crippen MR) is 119 cm³/mol. The SMILES string of the molecule is COc1ccc(Sc2ccc(C)cc2C2(O)CCN(C(=O)OC(C)(C)C)CC2)cc1. The van der Waals surface area contributed by atoms with Crippen LogP contribution in [0.25, 0.3) is 0 Å². The van der Waals surface area contributed by atoms with Crippen molar-refractivity contribution in [3.63, 3.8) is 0 Å². The molecular formula is C24H31NO4S. The maximum atomic E-state index is 12.4. The molecule has 0 aromatic heterocycles. The number of methoxy groups -OCH3 is 1. The van der Waals surface area contributed by atoms with Crippen LogP contribution in [-0.4, -0.2) is 41.9 Å². The maximum Gasteiger partial charge on any atom is 0.410 e. The number of benzene rings is 2. The van der Waals surface area contributed by atoms with Gasteiger partial charge in [-0.05, 0) is 76.4 Å². The van der Waals surface area contributed by atoms with Crippen LogP contribution in [0.3, 0.4) is 0 Å². The number of hydrogen-bond donors (Lipinski definition) is 1. The number of aliphatic hydroxyl groups is 1. The van der Waals surface area contributed by atoms with Crippen molar-refractivity contribution in [2.45, 2.75) is 61.5 Å². The molecule has 0 bridgehead atoms. The highest BCUT2D eigenvalue weighted by Crippen LogP contribution is 2.41. The Kier molecular flexibility index (Phi) is 6.68. The van der Waals surface area contributed by atoms with Crippen LogP contribution < -0.4 is 4.74 Å². The molecule has 30 heavy (non-hydrogen) atoms. The summed E-state index contributed by atoms with van der Waals surface area (Å²) in [7, 11) is 1.65. The summed E-state index contributed by atoms with van der Waals surface area (Å²) in [5.74, 6) is 0.816. The van der Waals surface area contributed by atoms with E-state index < -0.39 is 11.2 Å². The number of hydrogen-bond acceptors (Lipinski definition) is 5. The predicted octanol–water partition coefficient (Wildman–Crippen LogP) is 5.37. The van der Waals surface area contributed by atoms with E-state index in [-0.39, 0.29) is 6.09 Å². The summed E-state index contributed by atoms with van der Waals surface area (Å²) < 4.78 is 10.7. The smallest absolute Gasteiger partial charge is 0.410 e. The molecule has 1 N–H and O–H groups in total. The molecule has 1 amide bonds. The molecule has 0 spiro atoms. The lowest BCUT2D eigenvalue weighted by Gasteiger charge is -2.39. The Hall–Kier alpha value is -2.18. The minimum absolute atomic E-state index is 0.318. The molecule has 0 radical (unpaired) electrons. The number of aryl methyl sites for hydroxylation is 1. The highest BCUT2D eigenvalue weighted by molar-refractivity contribution is 7.99. The number of carbonyl (C=O) groups is 1. The Balaban J connectivity index is 1.78. The molecule has 2 aromatic rings. The maximum absolute atomic E-state index is 12.4. The Morgan fingerprint density at radius 1 is 1.10 bits per heavy atom. The van der Waals surface area contributed by atoms with E-state index in [9.17, 15) is 9.90 Å². The molecule has 2 aromatic carbocycles. The number of amides is 1. The van der Waals surface area contributed by atoms with E-state index in [2.05, 4.69) is 18.2 Å². The van der Waals surface area contributed by atoms with E-state index in [1.165, 1.54) is 0 Å². The molecule has 1 heterocycles. The number of likely N-dealkylation sites (tertiary alicyclic amines) is 1. The molecule has 3 rings (SSSR count). The zero-order chi connectivity index (χ0) is 21.9. The molecule has 1 saturated heterocycles. The number of ether oxygens (including phenoxy) is 2. The van der Waals surface area contributed by atoms with Gasteiger partial charge in [0.2, 0.25) is 0 Å². The van der Waals surface area contributed by atoms with Crippen LogP contribution in [0.4, 0.5) is 4.79 Å². The molecule has 1 aliphatic rings. The van der Waals surface area contributed by atoms with Gasteiger partial charge in [-0.25, -0.2) is 4.79 Å². The first-order chi connectivity index (χ1) is 14.1. The van der Waals surface area contributed by atoms with E-state index >= 15 is 0 Å². The summed E-state index contributed by atoms with van der Waals surface area (Å²) in [6, 6.07) is 14.1. The van der Waals surface area contributed by atoms with E-state index in [1.807, 2.05) is 52.0 Å². The zero-order valence-electron chi connectivity index (χ0n) is 18.4. The molecule has 0 saturated carbocycles. The summed E-state index contributed by atoms with van der Waals surface area (Å²) >= 11 is 1.63. The van der Waals surface area contributed by atoms with Crippen LogP contribution in [0.5, 0.6) is 5.75 Å². The molecule has 6 heteroatoms. The van der Waals surface area contributed by atoms with Crippen molar-refractivity contribution in [2.24, 2.45) is 0 Å². The van der Waals surface area contributed by atoms with Gasteiger partial charge < -0.3 is 19.5 Å². The van der Waals surface area contributed by atoms with Crippen molar-refractivity contribution in [1.29, 1.82) is 0 Å². The molecular weight excluding hydrogens is 398 g/mol. The summed E-state index contributed by atoms with van der Waals surface area (Å²) in [5, 5.41) is 11.5. The Morgan fingerprint density at radius 3 is 2.30 bits per heavy atom. The normalized spacial score (nSPS) is 16.3. The summed E-state index contributed by atoms with van der Waals surface area (Å²) in [5.41, 5.74) is 0.530. The number of carbonyl (C=O) groups excluding carboxylic acids is 1. The van der Waals surface area contributed by atoms with Crippen molar-refractivity contribution >= 4 is 17.9 Å². The monoisotopic (exact) mass is 429 g/mol. The minimum Gasteiger partial charge on any atom is -0.497 e. The molecule has 0 aliphatic carbocycles. The van der Waals surface area contributed by atoms with Gasteiger partial charge in [0.1, 0.15) is 11.4 Å². The molecule has 1 fully saturated rings. The second kappa shape index (κ2) is 8.90. The van der Waals surface area contributed by atoms with Crippen molar-refractivity contribution in [3.8, 4) is 5.75 Å². The summed E-state index contributed by atoms with van der Waals surface area (Å²) in [6.45, 7) is 8.55. The largest absolute Gasteiger partial charge is 0.497 e. The Bertz CT molecular complexity index is 881. The summed E-state index contributed by atoms with van der Waals surface area (Å²) in [6.07, 6.45) is 0.638. The lowest BCUT2D eigenvalue weighted by Crippen LogP contribution is -2.47. The lowest BCUT2D eigenvalue weighted by molar-refractivity contribution is -0.0371. The average Bonchev–Trinajstić information content (AvgIpc) is 2.69. The van der Waals surface area contributed by atoms with Crippen molar-refractivity contribution < 1.29 is 19.4 Å². The van der Waals surface area contributed by atoms with Crippen LogP contribution in [0, 0.1) is 6.92 Å². The van der Waals surface area contributed by atoms with Gasteiger partial charge in [-0.15, -0.1) is 0 Å². The third-order valence-corrected chi connectivity index (χ3v) is 6.25. The molecule has 0 unspecified atom stereocenters. The van der Waals surface area contributed by atoms with E-state index in [1.54, 1.807) is 23.8 Å². The first-order valence-electron chi connectivity index (χ1n) is 10.2. The zero-order valence-corrected chi connectivity index (χ0v) is 19.2. The van der Waals surface area contributed by atoms with E-state index in [0.717, 1.165) is 26.7 Å². The fraction of sp³-hybridized carbons (Fsp3) is 0.458. The van der Waals surface area contributed by atoms with Crippen molar-refractivity contribution in [1.82, 2.24) is 4.90 Å². The van der Waals surface area contributed by atoms with Gasteiger partial charge in [-0.2, -0.15) is 0 Å². The fourth-order valence-electron chi connectivity index (χ4n) is 3.52. The number of rotatable bonds is 4. The number of piperidine rings is 1. The summed E-state index contributed by atoms with van der Waals surface area (Å²) in [4.78, 5) is 16.2. The van der Waals surface area contributed by atoms with E-state index in [0.29, 0.717) is 25.9 Å². The van der Waals surface area contributed by atoms with Crippen LogP contribution in [-0.2, 0) is 10.3 Å². The second-order valence-electron chi connectivity index (χ2n) is 8.78. The molecule has 162 valence electrons. The van der Waals surface area contributed by atoms with Gasteiger partial charge >= 0.3 is 6.09 Å². The Labute approximate surface area is 183 Å². The molecule has 5 nitrogen and oxygen atoms in total. The lowest BCUT2D eigenvalue weighted by atomic mass is 9.84. The first kappa shape index (κ1) is 22.5. The average molecular weight is 430 g/mol. The van der Waals surface area contributed by atoms with Crippen LogP contribution >= 0.6 is 11.8 Å². The highest BCUT2D eigenvalue weighted by Gasteiger charge is 2.38. The van der Waals surface area contributed by atoms with E-state index in [4.69, 9.17) is 9.47 Å². The molecule has 1 aliphatic heterocycles. The number of nitrogens with zero attached hydrogens (tertiary/aromatic N) is 1. The third kappa shape index (κ3) is 5.49. The standard InChI is InChI=1S/C24H31NO4S/c1-17-6-11-21(30-19-9-7-18(28-5)8-10-19)20(16-17)24(27)12-14-25(15-13-24)22(26)29-23(2,3)4/h6-11,16,27H,12-15H2,1-5H3. The van der Waals surface area contributed by atoms with Gasteiger partial charge in [-0.1, -0.05) is 29.5 Å². The van der Waals surface area contributed by atoms with Gasteiger partial charge in [0.15, 0.2) is 0 Å². The fourth-order valence-corrected chi connectivity index (χ4v) is 4.54. The molecule has 0 atom stereocenters. The van der Waals surface area contributed by atoms with Crippen molar-refractivity contribution in [3.05, 3.63) is 53.6 Å². The van der Waals surface area contributed by atoms with Crippen LogP contribution in [0.2, 0.25) is 0 Å². The van der Waals surface area contributed by atoms with Crippen molar-refractivity contribution in [2.75, 3.05) is 20.2 Å². The first-order valence-corrected chi connectivity index (χ1v) is 11.0. The third-order valence-electron chi connectivity index (χ3n) is 5.17. The quantitative estimate of drug-likeness (QED) is 0.708. The van der Waals surface area contributed by atoms with Gasteiger partial charge in [0, 0.05) is 22.9 Å². The van der Waals surface area contributed by atoms with Crippen LogP contribution in [0.1, 0.15) is 44.7 Å².